The molecular formula is C25H29N3O5. The van der Waals surface area contributed by atoms with Crippen LogP contribution in [0.25, 0.3) is 0 Å². The molecule has 2 aliphatic rings. The van der Waals surface area contributed by atoms with E-state index in [0.717, 1.165) is 18.8 Å². The normalized spacial score (nSPS) is 18.2. The van der Waals surface area contributed by atoms with Gasteiger partial charge < -0.3 is 24.6 Å². The highest BCUT2D eigenvalue weighted by molar-refractivity contribution is 6.00. The Kier molecular flexibility index (Phi) is 7.12. The Balaban J connectivity index is 1.25. The summed E-state index contributed by atoms with van der Waals surface area (Å²) in [6.45, 7) is 1.93. The van der Waals surface area contributed by atoms with Crippen molar-refractivity contribution in [1.82, 2.24) is 0 Å². The van der Waals surface area contributed by atoms with Crippen LogP contribution in [0.2, 0.25) is 0 Å². The van der Waals surface area contributed by atoms with Crippen molar-refractivity contribution in [3.05, 3.63) is 48.5 Å². The molecule has 2 amide bonds. The molecule has 8 heteroatoms. The minimum Gasteiger partial charge on any atom is -0.497 e. The molecule has 33 heavy (non-hydrogen) atoms. The second-order valence-corrected chi connectivity index (χ2v) is 8.36. The minimum atomic E-state index is -0.611. The molecule has 2 aromatic carbocycles. The zero-order valence-corrected chi connectivity index (χ0v) is 18.8. The van der Waals surface area contributed by atoms with E-state index < -0.39 is 24.4 Å². The number of amides is 2. The number of anilines is 3. The average Bonchev–Trinajstić information content (AvgIpc) is 3.25. The summed E-state index contributed by atoms with van der Waals surface area (Å²) < 4.78 is 10.4. The number of carbonyl (C=O) groups is 3. The molecule has 2 saturated heterocycles. The van der Waals surface area contributed by atoms with Crippen LogP contribution < -0.4 is 19.9 Å². The molecule has 0 spiro atoms. The Labute approximate surface area is 193 Å². The van der Waals surface area contributed by atoms with Gasteiger partial charge in [0.2, 0.25) is 5.91 Å². The number of esters is 1. The van der Waals surface area contributed by atoms with Crippen LogP contribution in [0.15, 0.2) is 48.5 Å². The molecule has 2 fully saturated rings. The van der Waals surface area contributed by atoms with Crippen molar-refractivity contribution in [3.8, 4) is 5.75 Å². The maximum absolute atomic E-state index is 12.5. The van der Waals surface area contributed by atoms with Gasteiger partial charge >= 0.3 is 5.97 Å². The molecule has 1 N–H and O–H groups in total. The van der Waals surface area contributed by atoms with Crippen molar-refractivity contribution < 1.29 is 23.9 Å². The number of rotatable bonds is 7. The molecule has 0 aliphatic carbocycles. The zero-order valence-electron chi connectivity index (χ0n) is 18.8. The highest BCUT2D eigenvalue weighted by Gasteiger charge is 2.36. The lowest BCUT2D eigenvalue weighted by Crippen LogP contribution is -2.29. The Bertz CT molecular complexity index is 1000. The molecule has 0 saturated carbocycles. The lowest BCUT2D eigenvalue weighted by Gasteiger charge is -2.28. The van der Waals surface area contributed by atoms with Crippen LogP contribution in [0.4, 0.5) is 17.1 Å². The number of carbonyl (C=O) groups excluding carboxylic acids is 3. The van der Waals surface area contributed by atoms with Crippen molar-refractivity contribution in [2.24, 2.45) is 5.92 Å². The quantitative estimate of drug-likeness (QED) is 0.651. The highest BCUT2D eigenvalue weighted by atomic mass is 16.5. The molecule has 0 radical (unpaired) electrons. The lowest BCUT2D eigenvalue weighted by molar-refractivity contribution is -0.151. The summed E-state index contributed by atoms with van der Waals surface area (Å²) in [5.74, 6) is -1.11. The number of piperidine rings is 1. The number of methoxy groups -OCH3 is 1. The summed E-state index contributed by atoms with van der Waals surface area (Å²) in [5.41, 5.74) is 2.46. The summed E-state index contributed by atoms with van der Waals surface area (Å²) in [4.78, 5) is 41.0. The molecule has 2 heterocycles. The second kappa shape index (κ2) is 10.4. The van der Waals surface area contributed by atoms with E-state index in [0.29, 0.717) is 17.1 Å². The fourth-order valence-corrected chi connectivity index (χ4v) is 4.25. The number of nitrogens with one attached hydrogen (secondary N) is 1. The Morgan fingerprint density at radius 3 is 2.52 bits per heavy atom. The van der Waals surface area contributed by atoms with Crippen LogP contribution in [0.5, 0.6) is 5.75 Å². The summed E-state index contributed by atoms with van der Waals surface area (Å²) in [6.07, 6.45) is 3.73. The fraction of sp³-hybridized carbons (Fsp3) is 0.400. The summed E-state index contributed by atoms with van der Waals surface area (Å²) in [5, 5.41) is 2.75. The van der Waals surface area contributed by atoms with Crippen LogP contribution in [0.3, 0.4) is 0 Å². The molecule has 2 aliphatic heterocycles. The van der Waals surface area contributed by atoms with E-state index in [4.69, 9.17) is 9.47 Å². The van der Waals surface area contributed by atoms with Crippen LogP contribution >= 0.6 is 0 Å². The van der Waals surface area contributed by atoms with Crippen LogP contribution in [0.1, 0.15) is 25.7 Å². The third-order valence-corrected chi connectivity index (χ3v) is 6.04. The predicted octanol–water partition coefficient (Wildman–Crippen LogP) is 3.22. The van der Waals surface area contributed by atoms with Gasteiger partial charge in [-0.15, -0.1) is 0 Å². The maximum atomic E-state index is 12.5. The van der Waals surface area contributed by atoms with Gasteiger partial charge in [0, 0.05) is 49.2 Å². The number of hydrogen-bond acceptors (Lipinski definition) is 6. The molecule has 2 aromatic rings. The molecule has 4 rings (SSSR count). The van der Waals surface area contributed by atoms with Crippen molar-refractivity contribution in [3.63, 3.8) is 0 Å². The van der Waals surface area contributed by atoms with Crippen molar-refractivity contribution in [1.29, 1.82) is 0 Å². The van der Waals surface area contributed by atoms with Gasteiger partial charge in [-0.05, 0) is 55.7 Å². The summed E-state index contributed by atoms with van der Waals surface area (Å²) >= 11 is 0. The van der Waals surface area contributed by atoms with Gasteiger partial charge in [-0.3, -0.25) is 14.4 Å². The molecule has 174 valence electrons. The third-order valence-electron chi connectivity index (χ3n) is 6.04. The first kappa shape index (κ1) is 22.6. The minimum absolute atomic E-state index is 0.0512. The van der Waals surface area contributed by atoms with Gasteiger partial charge in [0.1, 0.15) is 5.75 Å². The number of benzene rings is 2. The van der Waals surface area contributed by atoms with Crippen LogP contribution in [0, 0.1) is 5.92 Å². The Morgan fingerprint density at radius 1 is 1.03 bits per heavy atom. The van der Waals surface area contributed by atoms with Crippen LogP contribution in [-0.4, -0.2) is 51.1 Å². The van der Waals surface area contributed by atoms with Gasteiger partial charge in [0.15, 0.2) is 6.61 Å². The Hall–Kier alpha value is -3.55. The summed E-state index contributed by atoms with van der Waals surface area (Å²) in [6, 6.07) is 14.8. The number of hydrogen-bond donors (Lipinski definition) is 1. The molecule has 1 unspecified atom stereocenters. The van der Waals surface area contributed by atoms with E-state index in [-0.39, 0.29) is 18.9 Å². The van der Waals surface area contributed by atoms with Gasteiger partial charge in [-0.25, -0.2) is 0 Å². The lowest BCUT2D eigenvalue weighted by atomic mass is 10.1. The first-order chi connectivity index (χ1) is 16.0. The third kappa shape index (κ3) is 5.63. The first-order valence-corrected chi connectivity index (χ1v) is 11.3. The Morgan fingerprint density at radius 2 is 1.79 bits per heavy atom. The zero-order chi connectivity index (χ0) is 23.2. The van der Waals surface area contributed by atoms with Crippen LogP contribution in [-0.2, 0) is 19.1 Å². The van der Waals surface area contributed by atoms with E-state index in [9.17, 15) is 14.4 Å². The summed E-state index contributed by atoms with van der Waals surface area (Å²) in [7, 11) is 1.55. The van der Waals surface area contributed by atoms with E-state index in [1.54, 1.807) is 36.3 Å². The molecule has 1 atom stereocenters. The van der Waals surface area contributed by atoms with Gasteiger partial charge in [-0.2, -0.15) is 0 Å². The van der Waals surface area contributed by atoms with E-state index in [1.165, 1.54) is 19.3 Å². The standard InChI is InChI=1S/C25H29N3O5/c1-32-22-7-5-6-21(15-22)28-16-18(14-24(28)30)25(31)33-17-23(29)26-19-8-10-20(11-9-19)27-12-3-2-4-13-27/h5-11,15,18H,2-4,12-14,16-17H2,1H3,(H,26,29). The topological polar surface area (TPSA) is 88.2 Å². The van der Waals surface area contributed by atoms with E-state index >= 15 is 0 Å². The SMILES string of the molecule is COc1cccc(N2CC(C(=O)OCC(=O)Nc3ccc(N4CCCCC4)cc3)CC2=O)c1. The first-order valence-electron chi connectivity index (χ1n) is 11.3. The van der Waals surface area contributed by atoms with Gasteiger partial charge in [0.05, 0.1) is 13.0 Å². The number of ether oxygens (including phenoxy) is 2. The predicted molar refractivity (Wildman–Crippen MR) is 126 cm³/mol. The molecule has 8 nitrogen and oxygen atoms in total. The molecular weight excluding hydrogens is 422 g/mol. The largest absolute Gasteiger partial charge is 0.497 e. The molecule has 0 bridgehead atoms. The van der Waals surface area contributed by atoms with Crippen molar-refractivity contribution in [2.45, 2.75) is 25.7 Å². The maximum Gasteiger partial charge on any atom is 0.311 e. The highest BCUT2D eigenvalue weighted by Crippen LogP contribution is 2.28. The van der Waals surface area contributed by atoms with Crippen molar-refractivity contribution >= 4 is 34.8 Å². The van der Waals surface area contributed by atoms with Gasteiger partial charge in [-0.1, -0.05) is 6.07 Å². The fourth-order valence-electron chi connectivity index (χ4n) is 4.25. The number of nitrogens with zero attached hydrogens (tertiary/aromatic N) is 2. The second-order valence-electron chi connectivity index (χ2n) is 8.36. The van der Waals surface area contributed by atoms with E-state index in [1.807, 2.05) is 24.3 Å². The monoisotopic (exact) mass is 451 g/mol. The van der Waals surface area contributed by atoms with Gasteiger partial charge in [0.25, 0.3) is 5.91 Å². The average molecular weight is 452 g/mol. The van der Waals surface area contributed by atoms with Crippen molar-refractivity contribution in [2.75, 3.05) is 48.5 Å². The van der Waals surface area contributed by atoms with E-state index in [2.05, 4.69) is 10.2 Å². The smallest absolute Gasteiger partial charge is 0.311 e. The molecule has 0 aromatic heterocycles.